The number of rotatable bonds is 35. The molecule has 6 nitrogen and oxygen atoms in total. The third kappa shape index (κ3) is 34.5. The topological polar surface area (TPSA) is 58.2 Å². The molecule has 2 N–H and O–H groups in total. The number of nitrogens with zero attached hydrogens (tertiary/aromatic N) is 2. The van der Waals surface area contributed by atoms with Crippen molar-refractivity contribution in [1.82, 2.24) is 10.6 Å². The highest BCUT2D eigenvalue weighted by atomic mass is 35.5. The van der Waals surface area contributed by atoms with E-state index in [-0.39, 0.29) is 36.9 Å². The van der Waals surface area contributed by atoms with E-state index in [4.69, 9.17) is 0 Å². The maximum Gasteiger partial charge on any atom is 0.416 e. The Hall–Kier alpha value is -0.560. The normalized spacial score (nSPS) is 11.6. The standard InChI is InChI=1S/C42H86N4O2.2ClH/c1-7-9-11-13-15-17-23-27-31-35-39-45(3,4)41(47)43-37-33-29-25-21-19-20-22-26-30-34-38-44-42(48)46(5,6)40-36-32-28-24-18-16-14-12-10-8-2;;/h7-40H2,1-6H3;2*1H. The summed E-state index contributed by atoms with van der Waals surface area (Å²) in [5.74, 6) is 0. The molecule has 0 saturated carbocycles. The van der Waals surface area contributed by atoms with Gasteiger partial charge in [0, 0.05) is 13.1 Å². The van der Waals surface area contributed by atoms with Crippen LogP contribution in [0.15, 0.2) is 0 Å². The number of carbonyl (C=O) groups is 2. The van der Waals surface area contributed by atoms with Crippen LogP contribution in [0.25, 0.3) is 0 Å². The zero-order valence-electron chi connectivity index (χ0n) is 34.5. The lowest BCUT2D eigenvalue weighted by molar-refractivity contribution is -0.809. The number of hydrogen-bond donors (Lipinski definition) is 2. The number of nitrogens with one attached hydrogen (secondary N) is 2. The molecule has 0 atom stereocenters. The summed E-state index contributed by atoms with van der Waals surface area (Å²) in [6.07, 6.45) is 39.1. The Morgan fingerprint density at radius 1 is 0.340 bits per heavy atom. The highest BCUT2D eigenvalue weighted by molar-refractivity contribution is 5.66. The second-order valence-electron chi connectivity index (χ2n) is 16.2. The van der Waals surface area contributed by atoms with Gasteiger partial charge in [0.25, 0.3) is 0 Å². The fraction of sp³-hybridized carbons (Fsp3) is 0.952. The van der Waals surface area contributed by atoms with Crippen molar-refractivity contribution in [2.75, 3.05) is 54.4 Å². The average molecular weight is 752 g/mol. The predicted octanol–water partition coefficient (Wildman–Crippen LogP) is 6.31. The molecule has 0 fully saturated rings. The van der Waals surface area contributed by atoms with E-state index < -0.39 is 0 Å². The van der Waals surface area contributed by atoms with Gasteiger partial charge in [-0.25, -0.2) is 18.6 Å². The molecule has 0 bridgehead atoms. The van der Waals surface area contributed by atoms with Gasteiger partial charge < -0.3 is 35.4 Å². The fourth-order valence-corrected chi connectivity index (χ4v) is 6.68. The fourth-order valence-electron chi connectivity index (χ4n) is 6.68. The van der Waals surface area contributed by atoms with Crippen LogP contribution in [0.2, 0.25) is 0 Å². The van der Waals surface area contributed by atoms with Crippen LogP contribution >= 0.6 is 0 Å². The summed E-state index contributed by atoms with van der Waals surface area (Å²) in [4.78, 5) is 25.4. The molecule has 8 heteroatoms. The number of unbranched alkanes of at least 4 members (excludes halogenated alkanes) is 27. The number of urea groups is 2. The molecule has 0 aliphatic rings. The number of carbonyl (C=O) groups excluding carboxylic acids is 2. The summed E-state index contributed by atoms with van der Waals surface area (Å²) in [5, 5.41) is 6.38. The summed E-state index contributed by atoms with van der Waals surface area (Å²) < 4.78 is 0.917. The minimum atomic E-state index is 0. The van der Waals surface area contributed by atoms with E-state index in [9.17, 15) is 9.59 Å². The maximum absolute atomic E-state index is 12.7. The highest BCUT2D eigenvalue weighted by Gasteiger charge is 2.26. The van der Waals surface area contributed by atoms with Crippen LogP contribution < -0.4 is 35.4 Å². The van der Waals surface area contributed by atoms with Crippen molar-refractivity contribution in [3.05, 3.63) is 0 Å². The van der Waals surface area contributed by atoms with Gasteiger partial charge in [0.15, 0.2) is 0 Å². The van der Waals surface area contributed by atoms with Gasteiger partial charge in [-0.15, -0.1) is 0 Å². The van der Waals surface area contributed by atoms with Gasteiger partial charge in [0.2, 0.25) is 0 Å². The van der Waals surface area contributed by atoms with E-state index in [1.807, 2.05) is 0 Å². The van der Waals surface area contributed by atoms with Crippen molar-refractivity contribution in [2.45, 2.75) is 206 Å². The van der Waals surface area contributed by atoms with E-state index in [1.165, 1.54) is 167 Å². The van der Waals surface area contributed by atoms with Crippen LogP contribution in [0.3, 0.4) is 0 Å². The summed E-state index contributed by atoms with van der Waals surface area (Å²) >= 11 is 0. The van der Waals surface area contributed by atoms with Gasteiger partial charge in [-0.05, 0) is 38.5 Å². The third-order valence-corrected chi connectivity index (χ3v) is 10.4. The van der Waals surface area contributed by atoms with Crippen LogP contribution in [0, 0.1) is 0 Å². The molecule has 0 heterocycles. The molecule has 0 radical (unpaired) electrons. The molecule has 4 amide bonds. The number of halogens is 2. The van der Waals surface area contributed by atoms with Gasteiger partial charge in [-0.1, -0.05) is 168 Å². The first-order valence-electron chi connectivity index (χ1n) is 21.4. The first-order chi connectivity index (χ1) is 23.2. The lowest BCUT2D eigenvalue weighted by Gasteiger charge is -2.26. The van der Waals surface area contributed by atoms with E-state index in [1.54, 1.807) is 0 Å². The lowest BCUT2D eigenvalue weighted by Crippen LogP contribution is -3.00. The summed E-state index contributed by atoms with van der Waals surface area (Å²) in [7, 11) is 8.22. The van der Waals surface area contributed by atoms with E-state index in [0.29, 0.717) is 8.97 Å². The Labute approximate surface area is 325 Å². The van der Waals surface area contributed by atoms with Crippen molar-refractivity contribution in [3.8, 4) is 0 Å². The lowest BCUT2D eigenvalue weighted by atomic mass is 10.1. The molecule has 0 saturated heterocycles. The first-order valence-corrected chi connectivity index (χ1v) is 21.4. The SMILES string of the molecule is CCCCCCCCCCCC[N+](C)(C)C(=O)NCCCCCCCCCCCCNC(=O)[N+](C)(C)CCCCCCCCCCCC.[Cl-].[Cl-]. The number of amides is 4. The number of quaternary nitrogens is 2. The molecule has 0 aromatic heterocycles. The molecule has 0 unspecified atom stereocenters. The molecular weight excluding hydrogens is 663 g/mol. The Morgan fingerprint density at radius 3 is 0.780 bits per heavy atom. The first kappa shape index (κ1) is 53.8. The molecule has 0 rings (SSSR count). The number of hydrogen-bond acceptors (Lipinski definition) is 2. The van der Waals surface area contributed by atoms with E-state index >= 15 is 0 Å². The molecule has 50 heavy (non-hydrogen) atoms. The largest absolute Gasteiger partial charge is 1.00 e. The van der Waals surface area contributed by atoms with Gasteiger partial charge in [-0.2, -0.15) is 0 Å². The van der Waals surface area contributed by atoms with E-state index in [0.717, 1.165) is 51.9 Å². The zero-order valence-corrected chi connectivity index (χ0v) is 36.0. The van der Waals surface area contributed by atoms with E-state index in [2.05, 4.69) is 52.7 Å². The summed E-state index contributed by atoms with van der Waals surface area (Å²) in [5.41, 5.74) is 0. The van der Waals surface area contributed by atoms with Crippen molar-refractivity contribution in [3.63, 3.8) is 0 Å². The monoisotopic (exact) mass is 751 g/mol. The molecule has 0 aromatic carbocycles. The predicted molar refractivity (Wildman–Crippen MR) is 211 cm³/mol. The van der Waals surface area contributed by atoms with Crippen molar-refractivity contribution in [1.29, 1.82) is 0 Å². The minimum absolute atomic E-state index is 0. The van der Waals surface area contributed by atoms with Gasteiger partial charge in [-0.3, -0.25) is 0 Å². The Balaban J connectivity index is -0.0000110. The Kier molecular flexibility index (Phi) is 41.1. The maximum atomic E-state index is 12.7. The molecular formula is C42H88Cl2N4O2. The second kappa shape index (κ2) is 38.2. The van der Waals surface area contributed by atoms with Gasteiger partial charge in [0.1, 0.15) is 0 Å². The quantitative estimate of drug-likeness (QED) is 0.0590. The molecule has 0 aliphatic carbocycles. The van der Waals surface area contributed by atoms with Gasteiger partial charge in [0.05, 0.1) is 41.3 Å². The van der Waals surface area contributed by atoms with Crippen molar-refractivity contribution in [2.24, 2.45) is 0 Å². The van der Waals surface area contributed by atoms with Crippen molar-refractivity contribution >= 4 is 12.1 Å². The Bertz CT molecular complexity index is 677. The highest BCUT2D eigenvalue weighted by Crippen LogP contribution is 2.14. The molecule has 302 valence electrons. The van der Waals surface area contributed by atoms with Crippen LogP contribution in [0.4, 0.5) is 9.59 Å². The van der Waals surface area contributed by atoms with Crippen LogP contribution in [0.1, 0.15) is 206 Å². The zero-order chi connectivity index (χ0) is 35.6. The van der Waals surface area contributed by atoms with Gasteiger partial charge >= 0.3 is 12.1 Å². The third-order valence-electron chi connectivity index (χ3n) is 10.4. The molecule has 0 aliphatic heterocycles. The molecule has 0 spiro atoms. The smallest absolute Gasteiger partial charge is 0.416 e. The molecule has 0 aromatic rings. The van der Waals surface area contributed by atoms with Crippen LogP contribution in [-0.2, 0) is 0 Å². The Morgan fingerprint density at radius 2 is 0.540 bits per heavy atom. The van der Waals surface area contributed by atoms with Crippen LogP contribution in [-0.4, -0.2) is 75.4 Å². The summed E-state index contributed by atoms with van der Waals surface area (Å²) in [6, 6.07) is 0.357. The average Bonchev–Trinajstić information content (AvgIpc) is 3.06. The van der Waals surface area contributed by atoms with Crippen molar-refractivity contribution < 1.29 is 43.4 Å². The van der Waals surface area contributed by atoms with Crippen LogP contribution in [0.5, 0.6) is 0 Å². The second-order valence-corrected chi connectivity index (χ2v) is 16.2. The minimum Gasteiger partial charge on any atom is -1.00 e. The summed E-state index contributed by atoms with van der Waals surface area (Å²) in [6.45, 7) is 8.05.